The van der Waals surface area contributed by atoms with Gasteiger partial charge in [-0.3, -0.25) is 4.79 Å². The molecule has 0 saturated carbocycles. The van der Waals surface area contributed by atoms with E-state index in [0.29, 0.717) is 18.8 Å². The van der Waals surface area contributed by atoms with Crippen LogP contribution in [-0.2, 0) is 4.79 Å². The zero-order valence-corrected chi connectivity index (χ0v) is 9.33. The average Bonchev–Trinajstić information content (AvgIpc) is 2.11. The van der Waals surface area contributed by atoms with Crippen molar-refractivity contribution in [2.75, 3.05) is 0 Å². The molecule has 0 radical (unpaired) electrons. The molecule has 0 aliphatic carbocycles. The number of carboxylic acid groups (broad SMARTS) is 1. The summed E-state index contributed by atoms with van der Waals surface area (Å²) < 4.78 is 0. The molecule has 0 aromatic rings. The Labute approximate surface area is 91.1 Å². The van der Waals surface area contributed by atoms with E-state index in [1.54, 1.807) is 0 Å². The van der Waals surface area contributed by atoms with Crippen LogP contribution in [0.1, 0.15) is 39.0 Å². The van der Waals surface area contributed by atoms with Crippen LogP contribution >= 0.6 is 0 Å². The minimum Gasteiger partial charge on any atom is -0.513 e. The van der Waals surface area contributed by atoms with Crippen molar-refractivity contribution in [1.29, 1.82) is 0 Å². The standard InChI is InChI=1S/C12H20O3/c1-9(4-6-11(3)13)8-10(2)5-7-12(14)15/h9,13H,2-8H2,1H3,(H,14,15). The van der Waals surface area contributed by atoms with Crippen molar-refractivity contribution in [3.05, 3.63) is 24.5 Å². The fourth-order valence-electron chi connectivity index (χ4n) is 1.39. The van der Waals surface area contributed by atoms with Crippen LogP contribution < -0.4 is 0 Å². The first kappa shape index (κ1) is 13.8. The number of aliphatic hydroxyl groups excluding tert-OH is 1. The monoisotopic (exact) mass is 212 g/mol. The van der Waals surface area contributed by atoms with Gasteiger partial charge in [0.05, 0.1) is 5.76 Å². The number of aliphatic hydroxyl groups is 1. The highest BCUT2D eigenvalue weighted by Crippen LogP contribution is 2.19. The summed E-state index contributed by atoms with van der Waals surface area (Å²) >= 11 is 0. The summed E-state index contributed by atoms with van der Waals surface area (Å²) in [5, 5.41) is 17.4. The maximum absolute atomic E-state index is 10.3. The Bertz CT molecular complexity index is 243. The number of hydrogen-bond donors (Lipinski definition) is 2. The maximum atomic E-state index is 10.3. The van der Waals surface area contributed by atoms with Crippen molar-refractivity contribution in [2.24, 2.45) is 5.92 Å². The minimum atomic E-state index is -0.785. The Morgan fingerprint density at radius 3 is 2.27 bits per heavy atom. The zero-order valence-electron chi connectivity index (χ0n) is 9.33. The van der Waals surface area contributed by atoms with Gasteiger partial charge in [-0.05, 0) is 25.2 Å². The van der Waals surface area contributed by atoms with Crippen molar-refractivity contribution >= 4 is 5.97 Å². The predicted octanol–water partition coefficient (Wildman–Crippen LogP) is 3.29. The molecule has 1 atom stereocenters. The smallest absolute Gasteiger partial charge is 0.303 e. The Balaban J connectivity index is 3.66. The van der Waals surface area contributed by atoms with Crippen LogP contribution in [0, 0.1) is 5.92 Å². The highest BCUT2D eigenvalue weighted by atomic mass is 16.4. The van der Waals surface area contributed by atoms with Crippen LogP contribution in [0.3, 0.4) is 0 Å². The maximum Gasteiger partial charge on any atom is 0.303 e. The molecule has 0 spiro atoms. The van der Waals surface area contributed by atoms with E-state index in [1.165, 1.54) is 0 Å². The molecular weight excluding hydrogens is 192 g/mol. The number of allylic oxidation sites excluding steroid dienone is 2. The van der Waals surface area contributed by atoms with Crippen molar-refractivity contribution < 1.29 is 15.0 Å². The Kier molecular flexibility index (Phi) is 6.50. The van der Waals surface area contributed by atoms with Crippen molar-refractivity contribution in [2.45, 2.75) is 39.0 Å². The molecule has 0 amide bonds. The van der Waals surface area contributed by atoms with E-state index in [2.05, 4.69) is 20.1 Å². The first-order valence-electron chi connectivity index (χ1n) is 5.17. The number of rotatable bonds is 8. The van der Waals surface area contributed by atoms with Gasteiger partial charge in [0, 0.05) is 12.8 Å². The highest BCUT2D eigenvalue weighted by molar-refractivity contribution is 5.66. The normalized spacial score (nSPS) is 12.1. The van der Waals surface area contributed by atoms with Crippen molar-refractivity contribution in [1.82, 2.24) is 0 Å². The van der Waals surface area contributed by atoms with Crippen LogP contribution in [0.4, 0.5) is 0 Å². The fraction of sp³-hybridized carbons (Fsp3) is 0.583. The molecule has 15 heavy (non-hydrogen) atoms. The molecule has 0 aliphatic heterocycles. The van der Waals surface area contributed by atoms with Crippen molar-refractivity contribution in [3.63, 3.8) is 0 Å². The van der Waals surface area contributed by atoms with Crippen molar-refractivity contribution in [3.8, 4) is 0 Å². The molecule has 0 aliphatic rings. The lowest BCUT2D eigenvalue weighted by Crippen LogP contribution is -2.00. The molecule has 0 bridgehead atoms. The topological polar surface area (TPSA) is 57.5 Å². The summed E-state index contributed by atoms with van der Waals surface area (Å²) in [5.41, 5.74) is 0.966. The summed E-state index contributed by atoms with van der Waals surface area (Å²) in [5.74, 6) is -0.166. The van der Waals surface area contributed by atoms with E-state index in [4.69, 9.17) is 10.2 Å². The second-order valence-electron chi connectivity index (χ2n) is 4.06. The fourth-order valence-corrected chi connectivity index (χ4v) is 1.39. The zero-order chi connectivity index (χ0) is 11.8. The Morgan fingerprint density at radius 2 is 1.80 bits per heavy atom. The number of carboxylic acids is 1. The summed E-state index contributed by atoms with van der Waals surface area (Å²) in [6.07, 6.45) is 2.98. The van der Waals surface area contributed by atoms with Crippen LogP contribution in [0.5, 0.6) is 0 Å². The van der Waals surface area contributed by atoms with Gasteiger partial charge in [-0.15, -0.1) is 0 Å². The van der Waals surface area contributed by atoms with Crippen LogP contribution in [0.15, 0.2) is 24.5 Å². The molecule has 86 valence electrons. The number of hydrogen-bond acceptors (Lipinski definition) is 2. The van der Waals surface area contributed by atoms with E-state index in [1.807, 2.05) is 0 Å². The van der Waals surface area contributed by atoms with Gasteiger partial charge in [-0.2, -0.15) is 0 Å². The van der Waals surface area contributed by atoms with Gasteiger partial charge in [0.1, 0.15) is 0 Å². The first-order chi connectivity index (χ1) is 6.91. The SMILES string of the molecule is C=C(O)CCC(C)CC(=C)CCC(=O)O. The molecule has 0 heterocycles. The number of aliphatic carboxylic acids is 1. The summed E-state index contributed by atoms with van der Waals surface area (Å²) in [6, 6.07) is 0. The molecule has 2 N–H and O–H groups in total. The Hall–Kier alpha value is -1.25. The van der Waals surface area contributed by atoms with Gasteiger partial charge in [0.25, 0.3) is 0 Å². The van der Waals surface area contributed by atoms with E-state index in [-0.39, 0.29) is 12.2 Å². The highest BCUT2D eigenvalue weighted by Gasteiger charge is 2.06. The Morgan fingerprint density at radius 1 is 1.20 bits per heavy atom. The quantitative estimate of drug-likeness (QED) is 0.479. The number of carbonyl (C=O) groups is 1. The van der Waals surface area contributed by atoms with Gasteiger partial charge in [-0.1, -0.05) is 25.7 Å². The summed E-state index contributed by atoms with van der Waals surface area (Å²) in [6.45, 7) is 9.33. The molecule has 3 nitrogen and oxygen atoms in total. The predicted molar refractivity (Wildman–Crippen MR) is 60.8 cm³/mol. The molecule has 0 saturated heterocycles. The second kappa shape index (κ2) is 7.10. The second-order valence-corrected chi connectivity index (χ2v) is 4.06. The lowest BCUT2D eigenvalue weighted by molar-refractivity contribution is -0.136. The van der Waals surface area contributed by atoms with E-state index in [0.717, 1.165) is 18.4 Å². The lowest BCUT2D eigenvalue weighted by atomic mass is 9.95. The van der Waals surface area contributed by atoms with Gasteiger partial charge in [-0.25, -0.2) is 0 Å². The molecule has 0 rings (SSSR count). The van der Waals surface area contributed by atoms with Crippen LogP contribution in [-0.4, -0.2) is 16.2 Å². The van der Waals surface area contributed by atoms with Crippen LogP contribution in [0.2, 0.25) is 0 Å². The third kappa shape index (κ3) is 9.06. The summed E-state index contributed by atoms with van der Waals surface area (Å²) in [7, 11) is 0. The molecule has 0 aromatic carbocycles. The molecular formula is C12H20O3. The van der Waals surface area contributed by atoms with Crippen LogP contribution in [0.25, 0.3) is 0 Å². The molecule has 0 aromatic heterocycles. The van der Waals surface area contributed by atoms with E-state index in [9.17, 15) is 4.79 Å². The minimum absolute atomic E-state index is 0.151. The van der Waals surface area contributed by atoms with Gasteiger partial charge >= 0.3 is 5.97 Å². The van der Waals surface area contributed by atoms with Gasteiger partial charge in [0.2, 0.25) is 0 Å². The molecule has 1 unspecified atom stereocenters. The van der Waals surface area contributed by atoms with Gasteiger partial charge in [0.15, 0.2) is 0 Å². The largest absolute Gasteiger partial charge is 0.513 e. The average molecular weight is 212 g/mol. The molecule has 0 fully saturated rings. The third-order valence-corrected chi connectivity index (χ3v) is 2.26. The molecule has 3 heteroatoms. The van der Waals surface area contributed by atoms with E-state index < -0.39 is 5.97 Å². The summed E-state index contributed by atoms with van der Waals surface area (Å²) in [4.78, 5) is 10.3. The van der Waals surface area contributed by atoms with Gasteiger partial charge < -0.3 is 10.2 Å². The first-order valence-corrected chi connectivity index (χ1v) is 5.17. The third-order valence-electron chi connectivity index (χ3n) is 2.26. The van der Waals surface area contributed by atoms with E-state index >= 15 is 0 Å². The lowest BCUT2D eigenvalue weighted by Gasteiger charge is -2.12.